The molecular weight excluding hydrogens is 703 g/mol. The van der Waals surface area contributed by atoms with Crippen molar-refractivity contribution in [1.82, 2.24) is 29.6 Å². The Kier molecular flexibility index (Phi) is 9.08. The third-order valence-electron chi connectivity index (χ3n) is 10.5. The van der Waals surface area contributed by atoms with Crippen LogP contribution in [0.15, 0.2) is 47.3 Å². The summed E-state index contributed by atoms with van der Waals surface area (Å²) in [6, 6.07) is 4.59. The molecule has 1 aromatic carbocycles. The van der Waals surface area contributed by atoms with Gasteiger partial charge in [-0.1, -0.05) is 12.2 Å². The molecule has 1 saturated carbocycles. The number of aromatic nitrogens is 5. The molecule has 0 radical (unpaired) electrons. The molecule has 12 heteroatoms. The Balaban J connectivity index is 1.29. The number of Topliss-reactive ketones (excluding diaryl/α,β-unsaturated/α-hetero) is 3. The van der Waals surface area contributed by atoms with Crippen molar-refractivity contribution in [1.29, 1.82) is 0 Å². The SMILES string of the molecule is CC(=O)c1nn2c3c(cc(-c4cnc(C)nc4)cc13)CC=CCCCC(=O)CC[C@@]13C[C@@H](C(=O)Cc4cc(C)c(F)c(Br)n4)N(C(=O)C2)[C@@H]1C3. The summed E-state index contributed by atoms with van der Waals surface area (Å²) in [5, 5.41) is 5.35. The third kappa shape index (κ3) is 6.45. The minimum absolute atomic E-state index is 0.0428. The average molecular weight is 742 g/mol. The van der Waals surface area contributed by atoms with Crippen LogP contribution in [0.2, 0.25) is 0 Å². The Morgan fingerprint density at radius 1 is 1.04 bits per heavy atom. The van der Waals surface area contributed by atoms with Crippen molar-refractivity contribution < 1.29 is 23.6 Å². The Morgan fingerprint density at radius 2 is 1.82 bits per heavy atom. The zero-order valence-corrected chi connectivity index (χ0v) is 29.9. The zero-order chi connectivity index (χ0) is 35.3. The number of halogens is 2. The van der Waals surface area contributed by atoms with E-state index in [1.54, 1.807) is 35.0 Å². The molecule has 2 aliphatic heterocycles. The summed E-state index contributed by atoms with van der Waals surface area (Å²) in [6.07, 6.45) is 12.3. The van der Waals surface area contributed by atoms with E-state index in [4.69, 9.17) is 5.10 Å². The maximum absolute atomic E-state index is 14.4. The number of benzene rings is 1. The molecule has 1 aliphatic carbocycles. The number of hydrogen-bond acceptors (Lipinski definition) is 8. The fourth-order valence-corrected chi connectivity index (χ4v) is 8.35. The Hall–Kier alpha value is -4.45. The van der Waals surface area contributed by atoms with Gasteiger partial charge in [-0.05, 0) is 109 Å². The lowest BCUT2D eigenvalue weighted by Gasteiger charge is -2.27. The van der Waals surface area contributed by atoms with Gasteiger partial charge in [-0.15, -0.1) is 0 Å². The number of amides is 1. The molecule has 0 unspecified atom stereocenters. The van der Waals surface area contributed by atoms with Crippen LogP contribution in [-0.4, -0.2) is 65.0 Å². The van der Waals surface area contributed by atoms with E-state index in [0.717, 1.165) is 36.0 Å². The van der Waals surface area contributed by atoms with Crippen molar-refractivity contribution in [3.63, 3.8) is 0 Å². The molecule has 0 spiro atoms. The molecule has 50 heavy (non-hydrogen) atoms. The molecule has 5 heterocycles. The first-order valence-electron chi connectivity index (χ1n) is 17.1. The van der Waals surface area contributed by atoms with Crippen LogP contribution in [0.5, 0.6) is 0 Å². The molecule has 0 N–H and O–H groups in total. The lowest BCUT2D eigenvalue weighted by Crippen LogP contribution is -2.45. The highest BCUT2D eigenvalue weighted by Gasteiger charge is 2.66. The minimum Gasteiger partial charge on any atom is -0.327 e. The van der Waals surface area contributed by atoms with Crippen LogP contribution in [0.25, 0.3) is 22.0 Å². The zero-order valence-electron chi connectivity index (χ0n) is 28.3. The number of piperidine rings is 1. The predicted octanol–water partition coefficient (Wildman–Crippen LogP) is 6.41. The molecule has 3 aliphatic rings. The van der Waals surface area contributed by atoms with E-state index in [0.29, 0.717) is 60.1 Å². The Labute approximate surface area is 297 Å². The first-order valence-corrected chi connectivity index (χ1v) is 17.9. The second-order valence-electron chi connectivity index (χ2n) is 14.0. The van der Waals surface area contributed by atoms with E-state index in [1.165, 1.54) is 6.92 Å². The third-order valence-corrected chi connectivity index (χ3v) is 11.0. The smallest absolute Gasteiger partial charge is 0.245 e. The van der Waals surface area contributed by atoms with Gasteiger partial charge in [0.25, 0.3) is 0 Å². The second kappa shape index (κ2) is 13.4. The summed E-state index contributed by atoms with van der Waals surface area (Å²) in [5.74, 6) is -0.319. The van der Waals surface area contributed by atoms with Gasteiger partial charge in [0.15, 0.2) is 17.4 Å². The van der Waals surface area contributed by atoms with E-state index in [1.807, 2.05) is 19.1 Å². The molecule has 3 aromatic heterocycles. The first kappa shape index (κ1) is 34.0. The van der Waals surface area contributed by atoms with Crippen LogP contribution in [0.3, 0.4) is 0 Å². The molecule has 2 bridgehead atoms. The van der Waals surface area contributed by atoms with Crippen molar-refractivity contribution in [2.45, 2.75) is 97.2 Å². The van der Waals surface area contributed by atoms with Gasteiger partial charge in [-0.25, -0.2) is 19.3 Å². The highest BCUT2D eigenvalue weighted by atomic mass is 79.9. The minimum atomic E-state index is -0.717. The second-order valence-corrected chi connectivity index (χ2v) is 14.8. The Morgan fingerprint density at radius 3 is 2.56 bits per heavy atom. The number of hydrogen-bond donors (Lipinski definition) is 0. The van der Waals surface area contributed by atoms with Crippen molar-refractivity contribution in [2.75, 3.05) is 0 Å². The molecular formula is C38H38BrFN6O4. The van der Waals surface area contributed by atoms with Crippen molar-refractivity contribution in [2.24, 2.45) is 5.41 Å². The molecule has 4 aromatic rings. The van der Waals surface area contributed by atoms with Crippen molar-refractivity contribution in [3.05, 3.63) is 81.5 Å². The molecule has 10 nitrogen and oxygen atoms in total. The summed E-state index contributed by atoms with van der Waals surface area (Å²) in [6.45, 7) is 4.73. The summed E-state index contributed by atoms with van der Waals surface area (Å²) in [7, 11) is 0. The average Bonchev–Trinajstić information content (AvgIpc) is 3.49. The van der Waals surface area contributed by atoms with E-state index >= 15 is 0 Å². The van der Waals surface area contributed by atoms with Gasteiger partial charge < -0.3 is 4.90 Å². The van der Waals surface area contributed by atoms with Gasteiger partial charge in [0.2, 0.25) is 5.91 Å². The number of nitrogens with zero attached hydrogens (tertiary/aromatic N) is 6. The van der Waals surface area contributed by atoms with Crippen LogP contribution in [0, 0.1) is 25.1 Å². The lowest BCUT2D eigenvalue weighted by atomic mass is 9.90. The monoisotopic (exact) mass is 740 g/mol. The van der Waals surface area contributed by atoms with Gasteiger partial charge in [-0.3, -0.25) is 23.9 Å². The van der Waals surface area contributed by atoms with E-state index in [9.17, 15) is 23.6 Å². The number of allylic oxidation sites excluding steroid dienone is 2. The summed E-state index contributed by atoms with van der Waals surface area (Å²) in [5.41, 5.74) is 3.93. The summed E-state index contributed by atoms with van der Waals surface area (Å²) < 4.78 is 15.9. The fraction of sp³-hybridized carbons (Fsp3) is 0.421. The standard InChI is InChI=1S/C38H38BrFN6O4/c1-21-12-27(43-37(39)34(21)40)15-31(49)30-16-38-11-10-28(48)9-7-5-4-6-8-24-13-25(26-18-41-23(3)42-19-26)14-29-35(22(2)47)44-45(36(24)29)20-33(50)46(30)32(38)17-38/h4,6,12-14,18-19,30,32H,5,7-11,15-17,20H2,1-3H3/t30-,32+,38-/m0/s1. The van der Waals surface area contributed by atoms with Crippen LogP contribution in [0.4, 0.5) is 4.39 Å². The number of pyridine rings is 1. The number of rotatable bonds is 5. The predicted molar refractivity (Wildman–Crippen MR) is 188 cm³/mol. The van der Waals surface area contributed by atoms with Gasteiger partial charge in [-0.2, -0.15) is 5.10 Å². The van der Waals surface area contributed by atoms with E-state index in [2.05, 4.69) is 43.0 Å². The highest BCUT2D eigenvalue weighted by Crippen LogP contribution is 2.62. The molecule has 7 rings (SSSR count). The first-order chi connectivity index (χ1) is 23.9. The molecule has 258 valence electrons. The highest BCUT2D eigenvalue weighted by molar-refractivity contribution is 9.10. The summed E-state index contributed by atoms with van der Waals surface area (Å²) in [4.78, 5) is 69.0. The van der Waals surface area contributed by atoms with Gasteiger partial charge in [0.05, 0.1) is 18.0 Å². The van der Waals surface area contributed by atoms with E-state index < -0.39 is 11.9 Å². The summed E-state index contributed by atoms with van der Waals surface area (Å²) >= 11 is 3.15. The molecule has 2 fully saturated rings. The normalized spacial score (nSPS) is 22.5. The van der Waals surface area contributed by atoms with Crippen molar-refractivity contribution >= 4 is 50.1 Å². The van der Waals surface area contributed by atoms with Gasteiger partial charge in [0, 0.05) is 54.8 Å². The number of carbonyl (C=O) groups excluding carboxylic acids is 4. The maximum Gasteiger partial charge on any atom is 0.245 e. The largest absolute Gasteiger partial charge is 0.327 e. The van der Waals surface area contributed by atoms with Crippen LogP contribution in [-0.2, 0) is 33.8 Å². The lowest BCUT2D eigenvalue weighted by molar-refractivity contribution is -0.139. The van der Waals surface area contributed by atoms with Crippen LogP contribution in [0.1, 0.15) is 85.0 Å². The van der Waals surface area contributed by atoms with Crippen molar-refractivity contribution in [3.8, 4) is 11.1 Å². The molecule has 3 atom stereocenters. The van der Waals surface area contributed by atoms with Crippen LogP contribution >= 0.6 is 15.9 Å². The Bertz CT molecular complexity index is 2070. The maximum atomic E-state index is 14.4. The molecule has 1 amide bonds. The number of aryl methyl sites for hydroxylation is 2. The van der Waals surface area contributed by atoms with Gasteiger partial charge >= 0.3 is 0 Å². The number of carbonyl (C=O) groups is 4. The fourth-order valence-electron chi connectivity index (χ4n) is 7.81. The quantitative estimate of drug-likeness (QED) is 0.130. The molecule has 1 saturated heterocycles. The van der Waals surface area contributed by atoms with Crippen LogP contribution < -0.4 is 0 Å². The topological polar surface area (TPSA) is 128 Å². The van der Waals surface area contributed by atoms with Gasteiger partial charge in [0.1, 0.15) is 28.4 Å². The van der Waals surface area contributed by atoms with E-state index in [-0.39, 0.29) is 58.0 Å². The number of ketones is 3.